The van der Waals surface area contributed by atoms with Crippen LogP contribution >= 0.6 is 0 Å². The van der Waals surface area contributed by atoms with Crippen LogP contribution in [0.25, 0.3) is 0 Å². The van der Waals surface area contributed by atoms with E-state index in [9.17, 15) is 9.90 Å². The molecule has 2 N–H and O–H groups in total. The maximum absolute atomic E-state index is 11.9. The molecular weight excluding hydrogens is 242 g/mol. The SMILES string of the molecule is CC(C)N(CC(=O)NCc1ccccn1)C[C@@H](C)O. The van der Waals surface area contributed by atoms with Gasteiger partial charge >= 0.3 is 0 Å². The zero-order chi connectivity index (χ0) is 14.3. The molecule has 1 amide bonds. The Bertz CT molecular complexity index is 380. The first-order valence-corrected chi connectivity index (χ1v) is 6.57. The van der Waals surface area contributed by atoms with E-state index in [1.165, 1.54) is 0 Å². The van der Waals surface area contributed by atoms with Gasteiger partial charge in [0.05, 0.1) is 24.9 Å². The highest BCUT2D eigenvalue weighted by Crippen LogP contribution is 2.00. The first kappa shape index (κ1) is 15.6. The number of hydrogen-bond donors (Lipinski definition) is 2. The van der Waals surface area contributed by atoms with Gasteiger partial charge in [-0.2, -0.15) is 0 Å². The lowest BCUT2D eigenvalue weighted by Gasteiger charge is -2.26. The number of aliphatic hydroxyl groups excluding tert-OH is 1. The number of pyridine rings is 1. The van der Waals surface area contributed by atoms with Gasteiger partial charge in [-0.05, 0) is 32.9 Å². The van der Waals surface area contributed by atoms with Crippen LogP contribution in [0.1, 0.15) is 26.5 Å². The van der Waals surface area contributed by atoms with Crippen LogP contribution in [-0.2, 0) is 11.3 Å². The van der Waals surface area contributed by atoms with Gasteiger partial charge in [-0.3, -0.25) is 14.7 Å². The van der Waals surface area contributed by atoms with E-state index >= 15 is 0 Å². The molecule has 1 heterocycles. The van der Waals surface area contributed by atoms with Gasteiger partial charge in [0.1, 0.15) is 0 Å². The molecule has 0 saturated carbocycles. The third-order valence-electron chi connectivity index (χ3n) is 2.77. The van der Waals surface area contributed by atoms with Gasteiger partial charge in [-0.1, -0.05) is 6.07 Å². The fourth-order valence-electron chi connectivity index (χ4n) is 1.73. The summed E-state index contributed by atoms with van der Waals surface area (Å²) in [6.45, 7) is 6.95. The van der Waals surface area contributed by atoms with Gasteiger partial charge in [0.25, 0.3) is 0 Å². The average molecular weight is 265 g/mol. The van der Waals surface area contributed by atoms with Crippen LogP contribution in [0.4, 0.5) is 0 Å². The van der Waals surface area contributed by atoms with Crippen molar-refractivity contribution in [3.05, 3.63) is 30.1 Å². The van der Waals surface area contributed by atoms with E-state index in [4.69, 9.17) is 0 Å². The highest BCUT2D eigenvalue weighted by Gasteiger charge is 2.15. The molecule has 1 aromatic heterocycles. The molecule has 106 valence electrons. The Morgan fingerprint density at radius 2 is 2.16 bits per heavy atom. The first-order chi connectivity index (χ1) is 8.99. The van der Waals surface area contributed by atoms with E-state index in [0.29, 0.717) is 13.1 Å². The van der Waals surface area contributed by atoms with Crippen LogP contribution in [-0.4, -0.2) is 46.1 Å². The summed E-state index contributed by atoms with van der Waals surface area (Å²) in [7, 11) is 0. The van der Waals surface area contributed by atoms with Crippen LogP contribution in [0.2, 0.25) is 0 Å². The average Bonchev–Trinajstić information content (AvgIpc) is 2.36. The predicted octanol–water partition coefficient (Wildman–Crippen LogP) is 0.789. The molecule has 0 aliphatic carbocycles. The number of amides is 1. The van der Waals surface area contributed by atoms with E-state index in [-0.39, 0.29) is 18.5 Å². The van der Waals surface area contributed by atoms with Crippen LogP contribution in [0, 0.1) is 0 Å². The molecule has 0 radical (unpaired) electrons. The number of aromatic nitrogens is 1. The molecule has 5 nitrogen and oxygen atoms in total. The number of hydrogen-bond acceptors (Lipinski definition) is 4. The lowest BCUT2D eigenvalue weighted by atomic mass is 10.2. The Labute approximate surface area is 114 Å². The Morgan fingerprint density at radius 1 is 1.42 bits per heavy atom. The van der Waals surface area contributed by atoms with E-state index in [2.05, 4.69) is 10.3 Å². The second kappa shape index (κ2) is 7.86. The molecule has 5 heteroatoms. The summed E-state index contributed by atoms with van der Waals surface area (Å²) in [6.07, 6.45) is 1.26. The van der Waals surface area contributed by atoms with E-state index < -0.39 is 6.10 Å². The van der Waals surface area contributed by atoms with Crippen molar-refractivity contribution in [3.8, 4) is 0 Å². The van der Waals surface area contributed by atoms with Crippen molar-refractivity contribution in [2.24, 2.45) is 0 Å². The van der Waals surface area contributed by atoms with Crippen LogP contribution in [0.15, 0.2) is 24.4 Å². The summed E-state index contributed by atoms with van der Waals surface area (Å²) in [6, 6.07) is 5.82. The van der Waals surface area contributed by atoms with Gasteiger partial charge in [0.15, 0.2) is 0 Å². The number of rotatable bonds is 7. The Morgan fingerprint density at radius 3 is 2.68 bits per heavy atom. The number of aliphatic hydroxyl groups is 1. The zero-order valence-electron chi connectivity index (χ0n) is 11.8. The van der Waals surface area contributed by atoms with Gasteiger partial charge in [-0.15, -0.1) is 0 Å². The third kappa shape index (κ3) is 6.31. The van der Waals surface area contributed by atoms with Crippen molar-refractivity contribution in [2.45, 2.75) is 39.5 Å². The van der Waals surface area contributed by atoms with Crippen LogP contribution in [0.3, 0.4) is 0 Å². The molecule has 0 bridgehead atoms. The molecule has 0 aliphatic heterocycles. The zero-order valence-corrected chi connectivity index (χ0v) is 11.8. The lowest BCUT2D eigenvalue weighted by Crippen LogP contribution is -2.43. The van der Waals surface area contributed by atoms with Crippen LogP contribution in [0.5, 0.6) is 0 Å². The summed E-state index contributed by atoms with van der Waals surface area (Å²) in [5.74, 6) is -0.0556. The molecular formula is C14H23N3O2. The monoisotopic (exact) mass is 265 g/mol. The number of nitrogens with one attached hydrogen (secondary N) is 1. The van der Waals surface area contributed by atoms with E-state index in [1.54, 1.807) is 13.1 Å². The fourth-order valence-corrected chi connectivity index (χ4v) is 1.73. The molecule has 1 rings (SSSR count). The molecule has 19 heavy (non-hydrogen) atoms. The van der Waals surface area contributed by atoms with Crippen molar-refractivity contribution in [3.63, 3.8) is 0 Å². The molecule has 0 saturated heterocycles. The Hall–Kier alpha value is -1.46. The topological polar surface area (TPSA) is 65.5 Å². The summed E-state index contributed by atoms with van der Waals surface area (Å²) in [5, 5.41) is 12.2. The maximum atomic E-state index is 11.9. The molecule has 0 unspecified atom stereocenters. The number of carbonyl (C=O) groups is 1. The second-order valence-corrected chi connectivity index (χ2v) is 4.97. The van der Waals surface area contributed by atoms with Gasteiger partial charge in [0.2, 0.25) is 5.91 Å². The van der Waals surface area contributed by atoms with Gasteiger partial charge < -0.3 is 10.4 Å². The van der Waals surface area contributed by atoms with Crippen molar-refractivity contribution in [2.75, 3.05) is 13.1 Å². The molecule has 0 aromatic carbocycles. The van der Waals surface area contributed by atoms with Crippen molar-refractivity contribution in [1.29, 1.82) is 0 Å². The molecule has 0 aliphatic rings. The minimum Gasteiger partial charge on any atom is -0.392 e. The highest BCUT2D eigenvalue weighted by molar-refractivity contribution is 5.78. The normalized spacial score (nSPS) is 12.7. The summed E-state index contributed by atoms with van der Waals surface area (Å²) in [4.78, 5) is 17.9. The standard InChI is InChI=1S/C14H23N3O2/c1-11(2)17(9-12(3)18)10-14(19)16-8-13-6-4-5-7-15-13/h4-7,11-12,18H,8-10H2,1-3H3,(H,16,19)/t12-/m1/s1. The fraction of sp³-hybridized carbons (Fsp3) is 0.571. The number of nitrogens with zero attached hydrogens (tertiary/aromatic N) is 2. The molecule has 1 atom stereocenters. The smallest absolute Gasteiger partial charge is 0.234 e. The maximum Gasteiger partial charge on any atom is 0.234 e. The molecule has 1 aromatic rings. The third-order valence-corrected chi connectivity index (χ3v) is 2.77. The highest BCUT2D eigenvalue weighted by atomic mass is 16.3. The van der Waals surface area contributed by atoms with Gasteiger partial charge in [-0.25, -0.2) is 0 Å². The quantitative estimate of drug-likeness (QED) is 0.765. The second-order valence-electron chi connectivity index (χ2n) is 4.97. The van der Waals surface area contributed by atoms with Crippen molar-refractivity contribution < 1.29 is 9.90 Å². The summed E-state index contributed by atoms with van der Waals surface area (Å²) in [5.41, 5.74) is 0.836. The number of carbonyl (C=O) groups excluding carboxylic acids is 1. The minimum absolute atomic E-state index is 0.0556. The summed E-state index contributed by atoms with van der Waals surface area (Å²) >= 11 is 0. The van der Waals surface area contributed by atoms with Crippen molar-refractivity contribution in [1.82, 2.24) is 15.2 Å². The largest absolute Gasteiger partial charge is 0.392 e. The van der Waals surface area contributed by atoms with Crippen molar-refractivity contribution >= 4 is 5.91 Å². The first-order valence-electron chi connectivity index (χ1n) is 6.57. The predicted molar refractivity (Wildman–Crippen MR) is 74.5 cm³/mol. The Kier molecular flexibility index (Phi) is 6.45. The van der Waals surface area contributed by atoms with E-state index in [0.717, 1.165) is 5.69 Å². The van der Waals surface area contributed by atoms with Gasteiger partial charge in [0, 0.05) is 18.8 Å². The molecule has 0 spiro atoms. The minimum atomic E-state index is -0.439. The van der Waals surface area contributed by atoms with E-state index in [1.807, 2.05) is 36.9 Å². The summed E-state index contributed by atoms with van der Waals surface area (Å²) < 4.78 is 0. The van der Waals surface area contributed by atoms with Crippen LogP contribution < -0.4 is 5.32 Å². The lowest BCUT2D eigenvalue weighted by molar-refractivity contribution is -0.123. The molecule has 0 fully saturated rings. The Balaban J connectivity index is 2.40.